The summed E-state index contributed by atoms with van der Waals surface area (Å²) >= 11 is 0. The van der Waals surface area contributed by atoms with E-state index in [0.29, 0.717) is 43.2 Å². The highest BCUT2D eigenvalue weighted by molar-refractivity contribution is 5.95. The molecule has 1 unspecified atom stereocenters. The third kappa shape index (κ3) is 5.24. The number of hydrogen-bond donors (Lipinski definition) is 1. The Hall–Kier alpha value is -2.50. The Morgan fingerprint density at radius 1 is 1.40 bits per heavy atom. The summed E-state index contributed by atoms with van der Waals surface area (Å²) in [6.07, 6.45) is 4.26. The molecule has 136 valence electrons. The van der Waals surface area contributed by atoms with Gasteiger partial charge >= 0.3 is 5.97 Å². The van der Waals surface area contributed by atoms with Crippen LogP contribution in [0.5, 0.6) is 11.5 Å². The Morgan fingerprint density at radius 2 is 2.20 bits per heavy atom. The van der Waals surface area contributed by atoms with Crippen LogP contribution in [-0.2, 0) is 4.79 Å². The summed E-state index contributed by atoms with van der Waals surface area (Å²) in [5, 5.41) is 8.83. The third-order valence-corrected chi connectivity index (χ3v) is 4.34. The SMILES string of the molecule is C=CCOc1ccc(C(=O)N2CCCC(CCC(=O)O)C2)cc1OC. The number of carbonyl (C=O) groups is 2. The minimum Gasteiger partial charge on any atom is -0.493 e. The Labute approximate surface area is 148 Å². The molecule has 6 nitrogen and oxygen atoms in total. The summed E-state index contributed by atoms with van der Waals surface area (Å²) in [5.41, 5.74) is 0.543. The zero-order valence-electron chi connectivity index (χ0n) is 14.6. The van der Waals surface area contributed by atoms with Gasteiger partial charge in [0.25, 0.3) is 5.91 Å². The number of carboxylic acid groups (broad SMARTS) is 1. The number of carbonyl (C=O) groups excluding carboxylic acids is 1. The molecule has 2 rings (SSSR count). The summed E-state index contributed by atoms with van der Waals surface area (Å²) < 4.78 is 10.8. The van der Waals surface area contributed by atoms with Crippen LogP contribution in [0, 0.1) is 5.92 Å². The van der Waals surface area contributed by atoms with Crippen molar-refractivity contribution in [2.45, 2.75) is 25.7 Å². The Balaban J connectivity index is 2.05. The van der Waals surface area contributed by atoms with Crippen molar-refractivity contribution in [3.8, 4) is 11.5 Å². The van der Waals surface area contributed by atoms with Crippen molar-refractivity contribution in [1.82, 2.24) is 4.90 Å². The molecule has 1 saturated heterocycles. The van der Waals surface area contributed by atoms with E-state index in [2.05, 4.69) is 6.58 Å². The molecule has 0 aromatic heterocycles. The first-order valence-electron chi connectivity index (χ1n) is 8.48. The van der Waals surface area contributed by atoms with Gasteiger partial charge in [0.1, 0.15) is 6.61 Å². The first kappa shape index (κ1) is 18.8. The Morgan fingerprint density at radius 3 is 2.88 bits per heavy atom. The van der Waals surface area contributed by atoms with Gasteiger partial charge < -0.3 is 19.5 Å². The molecular weight excluding hydrogens is 322 g/mol. The largest absolute Gasteiger partial charge is 0.493 e. The minimum atomic E-state index is -0.789. The number of likely N-dealkylation sites (tertiary alicyclic amines) is 1. The summed E-state index contributed by atoms with van der Waals surface area (Å²) in [7, 11) is 1.53. The number of rotatable bonds is 8. The molecule has 1 aliphatic heterocycles. The van der Waals surface area contributed by atoms with Crippen LogP contribution in [0.15, 0.2) is 30.9 Å². The maximum absolute atomic E-state index is 12.8. The topological polar surface area (TPSA) is 76.1 Å². The Bertz CT molecular complexity index is 628. The predicted molar refractivity (Wildman–Crippen MR) is 94.2 cm³/mol. The standard InChI is InChI=1S/C19H25NO5/c1-3-11-25-16-8-7-15(12-17(16)24-2)19(23)20-10-4-5-14(13-20)6-9-18(21)22/h3,7-8,12,14H,1,4-6,9-11,13H2,2H3,(H,21,22). The molecule has 1 N–H and O–H groups in total. The van der Waals surface area contributed by atoms with Gasteiger partial charge in [-0.3, -0.25) is 9.59 Å². The lowest BCUT2D eigenvalue weighted by Gasteiger charge is -2.32. The van der Waals surface area contributed by atoms with Crippen LogP contribution in [0.2, 0.25) is 0 Å². The fraction of sp³-hybridized carbons (Fsp3) is 0.474. The number of benzene rings is 1. The van der Waals surface area contributed by atoms with Crippen molar-refractivity contribution < 1.29 is 24.2 Å². The second kappa shape index (κ2) is 9.11. The van der Waals surface area contributed by atoms with Crippen LogP contribution in [0.4, 0.5) is 0 Å². The molecule has 1 amide bonds. The molecule has 1 aromatic rings. The van der Waals surface area contributed by atoms with E-state index in [-0.39, 0.29) is 18.2 Å². The van der Waals surface area contributed by atoms with E-state index in [4.69, 9.17) is 14.6 Å². The van der Waals surface area contributed by atoms with Crippen molar-refractivity contribution >= 4 is 11.9 Å². The van der Waals surface area contributed by atoms with E-state index in [1.165, 1.54) is 7.11 Å². The maximum atomic E-state index is 12.8. The van der Waals surface area contributed by atoms with Crippen molar-refractivity contribution in [3.63, 3.8) is 0 Å². The van der Waals surface area contributed by atoms with Crippen LogP contribution < -0.4 is 9.47 Å². The summed E-state index contributed by atoms with van der Waals surface area (Å²) in [5.74, 6) is 0.465. The average molecular weight is 347 g/mol. The van der Waals surface area contributed by atoms with Gasteiger partial charge in [-0.15, -0.1) is 0 Å². The lowest BCUT2D eigenvalue weighted by atomic mass is 9.93. The fourth-order valence-corrected chi connectivity index (χ4v) is 3.06. The number of aliphatic carboxylic acids is 1. The van der Waals surface area contributed by atoms with E-state index in [9.17, 15) is 9.59 Å². The quantitative estimate of drug-likeness (QED) is 0.732. The molecule has 25 heavy (non-hydrogen) atoms. The van der Waals surface area contributed by atoms with Gasteiger partial charge in [-0.1, -0.05) is 12.7 Å². The van der Waals surface area contributed by atoms with Gasteiger partial charge in [-0.05, 0) is 43.4 Å². The second-order valence-electron chi connectivity index (χ2n) is 6.16. The predicted octanol–water partition coefficient (Wildman–Crippen LogP) is 2.98. The van der Waals surface area contributed by atoms with E-state index >= 15 is 0 Å². The first-order chi connectivity index (χ1) is 12.0. The molecular formula is C19H25NO5. The van der Waals surface area contributed by atoms with Crippen LogP contribution in [0.1, 0.15) is 36.0 Å². The zero-order valence-corrected chi connectivity index (χ0v) is 14.6. The van der Waals surface area contributed by atoms with E-state index in [1.54, 1.807) is 29.2 Å². The lowest BCUT2D eigenvalue weighted by molar-refractivity contribution is -0.137. The van der Waals surface area contributed by atoms with Crippen molar-refractivity contribution in [3.05, 3.63) is 36.4 Å². The molecule has 0 bridgehead atoms. The number of ether oxygens (including phenoxy) is 2. The van der Waals surface area contributed by atoms with Gasteiger partial charge in [0.2, 0.25) is 0 Å². The van der Waals surface area contributed by atoms with Gasteiger partial charge in [0, 0.05) is 25.1 Å². The molecule has 1 atom stereocenters. The third-order valence-electron chi connectivity index (χ3n) is 4.34. The highest BCUT2D eigenvalue weighted by atomic mass is 16.5. The van der Waals surface area contributed by atoms with E-state index < -0.39 is 5.97 Å². The highest BCUT2D eigenvalue weighted by Crippen LogP contribution is 2.29. The van der Waals surface area contributed by atoms with Gasteiger partial charge in [-0.25, -0.2) is 0 Å². The van der Waals surface area contributed by atoms with Crippen LogP contribution in [0.25, 0.3) is 0 Å². The van der Waals surface area contributed by atoms with Gasteiger partial charge in [0.05, 0.1) is 7.11 Å². The number of hydrogen-bond acceptors (Lipinski definition) is 4. The van der Waals surface area contributed by atoms with Gasteiger partial charge in [0.15, 0.2) is 11.5 Å². The number of carboxylic acids is 1. The second-order valence-corrected chi connectivity index (χ2v) is 6.16. The minimum absolute atomic E-state index is 0.0615. The molecule has 0 spiro atoms. The maximum Gasteiger partial charge on any atom is 0.303 e. The molecule has 0 saturated carbocycles. The summed E-state index contributed by atoms with van der Waals surface area (Å²) in [6.45, 7) is 5.26. The van der Waals surface area contributed by atoms with E-state index in [0.717, 1.165) is 12.8 Å². The molecule has 0 aliphatic carbocycles. The zero-order chi connectivity index (χ0) is 18.2. The van der Waals surface area contributed by atoms with Crippen LogP contribution in [-0.4, -0.2) is 48.7 Å². The molecule has 1 aromatic carbocycles. The number of piperidine rings is 1. The van der Waals surface area contributed by atoms with Crippen molar-refractivity contribution in [1.29, 1.82) is 0 Å². The van der Waals surface area contributed by atoms with Crippen molar-refractivity contribution in [2.24, 2.45) is 5.92 Å². The molecule has 1 heterocycles. The highest BCUT2D eigenvalue weighted by Gasteiger charge is 2.25. The van der Waals surface area contributed by atoms with Crippen molar-refractivity contribution in [2.75, 3.05) is 26.8 Å². The number of amides is 1. The Kier molecular flexibility index (Phi) is 6.86. The fourth-order valence-electron chi connectivity index (χ4n) is 3.06. The first-order valence-corrected chi connectivity index (χ1v) is 8.48. The smallest absolute Gasteiger partial charge is 0.303 e. The molecule has 1 aliphatic rings. The lowest BCUT2D eigenvalue weighted by Crippen LogP contribution is -2.40. The van der Waals surface area contributed by atoms with E-state index in [1.807, 2.05) is 0 Å². The molecule has 1 fully saturated rings. The number of methoxy groups -OCH3 is 1. The normalized spacial score (nSPS) is 17.0. The molecule has 6 heteroatoms. The number of nitrogens with zero attached hydrogens (tertiary/aromatic N) is 1. The average Bonchev–Trinajstić information content (AvgIpc) is 2.64. The van der Waals surface area contributed by atoms with Crippen LogP contribution in [0.3, 0.4) is 0 Å². The van der Waals surface area contributed by atoms with Gasteiger partial charge in [-0.2, -0.15) is 0 Å². The summed E-state index contributed by atoms with van der Waals surface area (Å²) in [6, 6.07) is 5.13. The monoisotopic (exact) mass is 347 g/mol. The van der Waals surface area contributed by atoms with Crippen LogP contribution >= 0.6 is 0 Å². The molecule has 0 radical (unpaired) electrons. The summed E-state index contributed by atoms with van der Waals surface area (Å²) in [4.78, 5) is 25.3.